The Morgan fingerprint density at radius 2 is 1.75 bits per heavy atom. The standard InChI is InChI=1S/C21H24N4O2S/c1-20(2)8-16(9-21(3,4)27-20)18(26)25-19-22-12-17(28-19)13-5-6-14-10-23-24-11-15(14)7-13/h5-7,10-12,16H,8-9H2,1-4H3,(H,22,25,26). The molecular weight excluding hydrogens is 372 g/mol. The molecule has 1 aliphatic rings. The van der Waals surface area contributed by atoms with Crippen LogP contribution in [0.1, 0.15) is 40.5 Å². The zero-order valence-electron chi connectivity index (χ0n) is 16.5. The number of nitrogens with zero attached hydrogens (tertiary/aromatic N) is 3. The van der Waals surface area contributed by atoms with E-state index in [2.05, 4.69) is 26.6 Å². The lowest BCUT2D eigenvalue weighted by atomic mass is 9.80. The van der Waals surface area contributed by atoms with E-state index in [4.69, 9.17) is 4.74 Å². The lowest BCUT2D eigenvalue weighted by Crippen LogP contribution is -2.48. The van der Waals surface area contributed by atoms with Crippen molar-refractivity contribution in [2.75, 3.05) is 5.32 Å². The fraction of sp³-hybridized carbons (Fsp3) is 0.429. The number of hydrogen-bond donors (Lipinski definition) is 1. The van der Waals surface area contributed by atoms with Crippen molar-refractivity contribution in [3.8, 4) is 10.4 Å². The van der Waals surface area contributed by atoms with E-state index in [-0.39, 0.29) is 23.0 Å². The minimum atomic E-state index is -0.314. The molecule has 0 bridgehead atoms. The summed E-state index contributed by atoms with van der Waals surface area (Å²) in [5.74, 6) is -0.0792. The zero-order valence-corrected chi connectivity index (χ0v) is 17.3. The molecule has 0 saturated carbocycles. The van der Waals surface area contributed by atoms with Crippen LogP contribution >= 0.6 is 11.3 Å². The minimum Gasteiger partial charge on any atom is -0.370 e. The first-order valence-corrected chi connectivity index (χ1v) is 10.2. The van der Waals surface area contributed by atoms with Gasteiger partial charge in [-0.15, -0.1) is 0 Å². The number of aromatic nitrogens is 3. The van der Waals surface area contributed by atoms with E-state index >= 15 is 0 Å². The number of carbonyl (C=O) groups excluding carboxylic acids is 1. The number of anilines is 1. The van der Waals surface area contributed by atoms with Gasteiger partial charge in [0.25, 0.3) is 0 Å². The Labute approximate surface area is 168 Å². The van der Waals surface area contributed by atoms with Crippen molar-refractivity contribution in [1.82, 2.24) is 15.2 Å². The van der Waals surface area contributed by atoms with Gasteiger partial charge in [0.1, 0.15) is 0 Å². The summed E-state index contributed by atoms with van der Waals surface area (Å²) < 4.78 is 6.09. The van der Waals surface area contributed by atoms with E-state index in [1.54, 1.807) is 18.6 Å². The maximum atomic E-state index is 12.8. The number of benzene rings is 1. The molecular formula is C21H24N4O2S. The second-order valence-electron chi connectivity index (χ2n) is 8.58. The Morgan fingerprint density at radius 1 is 1.07 bits per heavy atom. The highest BCUT2D eigenvalue weighted by Gasteiger charge is 2.42. The van der Waals surface area contributed by atoms with Crippen LogP contribution in [-0.2, 0) is 9.53 Å². The third-order valence-electron chi connectivity index (χ3n) is 4.97. The molecule has 146 valence electrons. The number of carbonyl (C=O) groups is 1. The molecule has 28 heavy (non-hydrogen) atoms. The SMILES string of the molecule is CC1(C)CC(C(=O)Nc2ncc(-c3ccc4cnncc4c3)s2)CC(C)(C)O1. The Morgan fingerprint density at radius 3 is 2.46 bits per heavy atom. The lowest BCUT2D eigenvalue weighted by Gasteiger charge is -2.44. The monoisotopic (exact) mass is 396 g/mol. The Hall–Kier alpha value is -2.38. The molecule has 1 fully saturated rings. The average Bonchev–Trinajstić information content (AvgIpc) is 3.07. The molecule has 3 aromatic rings. The minimum absolute atomic E-state index is 0.0131. The molecule has 4 rings (SSSR count). The second kappa shape index (κ2) is 6.90. The van der Waals surface area contributed by atoms with Crippen molar-refractivity contribution >= 4 is 33.1 Å². The lowest BCUT2D eigenvalue weighted by molar-refractivity contribution is -0.176. The summed E-state index contributed by atoms with van der Waals surface area (Å²) in [6.07, 6.45) is 6.69. The quantitative estimate of drug-likeness (QED) is 0.696. The Bertz CT molecular complexity index is 1010. The van der Waals surface area contributed by atoms with Crippen LogP contribution in [0.15, 0.2) is 36.8 Å². The normalized spacial score (nSPS) is 18.9. The van der Waals surface area contributed by atoms with E-state index in [1.165, 1.54) is 11.3 Å². The smallest absolute Gasteiger partial charge is 0.229 e. The highest BCUT2D eigenvalue weighted by molar-refractivity contribution is 7.19. The molecule has 1 amide bonds. The van der Waals surface area contributed by atoms with E-state index in [9.17, 15) is 4.79 Å². The molecule has 1 saturated heterocycles. The van der Waals surface area contributed by atoms with Crippen molar-refractivity contribution in [1.29, 1.82) is 0 Å². The van der Waals surface area contributed by atoms with Crippen LogP contribution in [0, 0.1) is 5.92 Å². The van der Waals surface area contributed by atoms with E-state index in [0.717, 1.165) is 21.2 Å². The van der Waals surface area contributed by atoms with E-state index in [0.29, 0.717) is 18.0 Å². The van der Waals surface area contributed by atoms with Crippen molar-refractivity contribution in [3.63, 3.8) is 0 Å². The van der Waals surface area contributed by atoms with Gasteiger partial charge >= 0.3 is 0 Å². The Kier molecular flexibility index (Phi) is 4.67. The molecule has 0 radical (unpaired) electrons. The van der Waals surface area contributed by atoms with Gasteiger partial charge in [0.15, 0.2) is 5.13 Å². The summed E-state index contributed by atoms with van der Waals surface area (Å²) in [6, 6.07) is 6.11. The number of hydrogen-bond acceptors (Lipinski definition) is 6. The van der Waals surface area contributed by atoms with Crippen LogP contribution in [0.25, 0.3) is 21.2 Å². The third kappa shape index (κ3) is 4.05. The van der Waals surface area contributed by atoms with E-state index in [1.807, 2.05) is 39.8 Å². The molecule has 1 N–H and O–H groups in total. The number of thiazole rings is 1. The maximum absolute atomic E-state index is 12.8. The number of nitrogens with one attached hydrogen (secondary N) is 1. The summed E-state index contributed by atoms with van der Waals surface area (Å²) >= 11 is 1.48. The fourth-order valence-corrected chi connectivity index (χ4v) is 4.91. The van der Waals surface area contributed by atoms with Gasteiger partial charge in [0.2, 0.25) is 5.91 Å². The van der Waals surface area contributed by atoms with E-state index < -0.39 is 0 Å². The molecule has 0 atom stereocenters. The number of amides is 1. The van der Waals surface area contributed by atoms with Crippen LogP contribution in [0.5, 0.6) is 0 Å². The van der Waals surface area contributed by atoms with Gasteiger partial charge in [-0.3, -0.25) is 4.79 Å². The number of rotatable bonds is 3. The molecule has 0 spiro atoms. The van der Waals surface area contributed by atoms with Crippen LogP contribution < -0.4 is 5.32 Å². The van der Waals surface area contributed by atoms with Gasteiger partial charge in [0, 0.05) is 22.9 Å². The van der Waals surface area contributed by atoms with Gasteiger partial charge in [-0.05, 0) is 52.2 Å². The van der Waals surface area contributed by atoms with Crippen LogP contribution in [0.2, 0.25) is 0 Å². The summed E-state index contributed by atoms with van der Waals surface area (Å²) in [6.45, 7) is 8.17. The van der Waals surface area contributed by atoms with Crippen LogP contribution in [0.3, 0.4) is 0 Å². The van der Waals surface area contributed by atoms with Gasteiger partial charge in [-0.1, -0.05) is 23.5 Å². The van der Waals surface area contributed by atoms with Crippen molar-refractivity contribution in [2.45, 2.75) is 51.7 Å². The molecule has 3 heterocycles. The molecule has 1 aromatic carbocycles. The first-order chi connectivity index (χ1) is 13.2. The van der Waals surface area contributed by atoms with Crippen molar-refractivity contribution in [2.24, 2.45) is 5.92 Å². The van der Waals surface area contributed by atoms with Gasteiger partial charge in [-0.2, -0.15) is 10.2 Å². The molecule has 1 aliphatic heterocycles. The van der Waals surface area contributed by atoms with Crippen molar-refractivity contribution < 1.29 is 9.53 Å². The average molecular weight is 397 g/mol. The summed E-state index contributed by atoms with van der Waals surface area (Å²) in [5, 5.41) is 13.5. The molecule has 7 heteroatoms. The van der Waals surface area contributed by atoms with Gasteiger partial charge in [-0.25, -0.2) is 4.98 Å². The van der Waals surface area contributed by atoms with Crippen LogP contribution in [-0.4, -0.2) is 32.3 Å². The highest BCUT2D eigenvalue weighted by Crippen LogP contribution is 2.39. The fourth-order valence-electron chi connectivity index (χ4n) is 4.10. The largest absolute Gasteiger partial charge is 0.370 e. The topological polar surface area (TPSA) is 77.0 Å². The van der Waals surface area contributed by atoms with Crippen LogP contribution in [0.4, 0.5) is 5.13 Å². The zero-order chi connectivity index (χ0) is 19.9. The summed E-state index contributed by atoms with van der Waals surface area (Å²) in [5.41, 5.74) is 0.421. The highest BCUT2D eigenvalue weighted by atomic mass is 32.1. The number of fused-ring (bicyclic) bond motifs is 1. The third-order valence-corrected chi connectivity index (χ3v) is 5.93. The molecule has 0 unspecified atom stereocenters. The molecule has 6 nitrogen and oxygen atoms in total. The first-order valence-electron chi connectivity index (χ1n) is 9.39. The van der Waals surface area contributed by atoms with Gasteiger partial charge < -0.3 is 10.1 Å². The maximum Gasteiger partial charge on any atom is 0.229 e. The molecule has 2 aromatic heterocycles. The summed E-state index contributed by atoms with van der Waals surface area (Å²) in [7, 11) is 0. The molecule has 0 aliphatic carbocycles. The Balaban J connectivity index is 1.50. The predicted molar refractivity (Wildman–Crippen MR) is 111 cm³/mol. The van der Waals surface area contributed by atoms with Crippen molar-refractivity contribution in [3.05, 3.63) is 36.8 Å². The second-order valence-corrected chi connectivity index (χ2v) is 9.61. The predicted octanol–water partition coefficient (Wildman–Crippen LogP) is 4.68. The first kappa shape index (κ1) is 19.0. The summed E-state index contributed by atoms with van der Waals surface area (Å²) in [4.78, 5) is 18.3. The number of ether oxygens (including phenoxy) is 1. The van der Waals surface area contributed by atoms with Gasteiger partial charge in [0.05, 0.1) is 28.5 Å².